The minimum absolute atomic E-state index is 0.0164. The molecule has 34 heavy (non-hydrogen) atoms. The molecule has 1 saturated heterocycles. The summed E-state index contributed by atoms with van der Waals surface area (Å²) in [5.41, 5.74) is 3.37. The van der Waals surface area contributed by atoms with Crippen molar-refractivity contribution >= 4 is 23.4 Å². The molecule has 1 atom stereocenters. The monoisotopic (exact) mass is 467 g/mol. The van der Waals surface area contributed by atoms with Gasteiger partial charge in [0.25, 0.3) is 11.7 Å². The van der Waals surface area contributed by atoms with Crippen LogP contribution in [0.25, 0.3) is 5.76 Å². The second-order valence-electron chi connectivity index (χ2n) is 9.23. The third kappa shape index (κ3) is 4.50. The van der Waals surface area contributed by atoms with Crippen molar-refractivity contribution in [1.29, 1.82) is 0 Å². The molecule has 8 heteroatoms. The van der Waals surface area contributed by atoms with Crippen LogP contribution in [0, 0.1) is 13.8 Å². The summed E-state index contributed by atoms with van der Waals surface area (Å²) in [6.07, 6.45) is 0. The summed E-state index contributed by atoms with van der Waals surface area (Å²) in [6.45, 7) is 8.43. The molecule has 2 heterocycles. The molecule has 2 N–H and O–H groups in total. The summed E-state index contributed by atoms with van der Waals surface area (Å²) in [5, 5.41) is 11.4. The van der Waals surface area contributed by atoms with Gasteiger partial charge in [-0.3, -0.25) is 9.59 Å². The molecule has 8 nitrogen and oxygen atoms in total. The number of nitrogens with one attached hydrogen (secondary N) is 1. The molecule has 1 aromatic carbocycles. The third-order valence-corrected chi connectivity index (χ3v) is 6.31. The number of hydrogen-bond acceptors (Lipinski definition) is 6. The highest BCUT2D eigenvalue weighted by Crippen LogP contribution is 2.41. The van der Waals surface area contributed by atoms with E-state index in [2.05, 4.69) is 18.8 Å². The molecule has 1 aliphatic rings. The molecule has 1 fully saturated rings. The molecule has 0 bridgehead atoms. The number of likely N-dealkylation sites (N-methyl/N-ethyl adjacent to an activating group) is 1. The minimum Gasteiger partial charge on any atom is -0.507 e. The second kappa shape index (κ2) is 9.85. The molecule has 1 amide bonds. The van der Waals surface area contributed by atoms with Gasteiger partial charge in [0.2, 0.25) is 0 Å². The first kappa shape index (κ1) is 25.2. The molecule has 2 aromatic rings. The Morgan fingerprint density at radius 2 is 1.79 bits per heavy atom. The van der Waals surface area contributed by atoms with E-state index in [1.54, 1.807) is 13.8 Å². The summed E-state index contributed by atoms with van der Waals surface area (Å²) in [4.78, 5) is 44.8. The third-order valence-electron chi connectivity index (χ3n) is 6.31. The second-order valence-corrected chi connectivity index (χ2v) is 9.23. The Kier molecular flexibility index (Phi) is 7.31. The molecule has 182 valence electrons. The van der Waals surface area contributed by atoms with Crippen LogP contribution in [0.15, 0.2) is 29.8 Å². The maximum Gasteiger partial charge on any atom is 0.354 e. The first-order valence-corrected chi connectivity index (χ1v) is 11.3. The van der Waals surface area contributed by atoms with Crippen molar-refractivity contribution in [3.63, 3.8) is 0 Å². The highest BCUT2D eigenvalue weighted by molar-refractivity contribution is 6.46. The number of aryl methyl sites for hydroxylation is 1. The van der Waals surface area contributed by atoms with Crippen LogP contribution in [0.3, 0.4) is 0 Å². The number of benzene rings is 1. The zero-order valence-electron chi connectivity index (χ0n) is 20.9. The SMILES string of the molecule is COC(=O)c1[nH]c(C)c(/C(O)=C2\C(=O)C(=O)N(CCN(C)C)[C@H]2c2ccc(C(C)C)cc2)c1C. The Balaban J connectivity index is 2.21. The number of amides is 1. The van der Waals surface area contributed by atoms with Crippen molar-refractivity contribution < 1.29 is 24.2 Å². The van der Waals surface area contributed by atoms with E-state index in [1.165, 1.54) is 12.0 Å². The number of aromatic amines is 1. The van der Waals surface area contributed by atoms with E-state index in [4.69, 9.17) is 4.74 Å². The van der Waals surface area contributed by atoms with Crippen LogP contribution in [0.2, 0.25) is 0 Å². The van der Waals surface area contributed by atoms with Gasteiger partial charge in [-0.2, -0.15) is 0 Å². The lowest BCUT2D eigenvalue weighted by Gasteiger charge is -2.27. The summed E-state index contributed by atoms with van der Waals surface area (Å²) >= 11 is 0. The zero-order valence-corrected chi connectivity index (χ0v) is 20.9. The largest absolute Gasteiger partial charge is 0.507 e. The van der Waals surface area contributed by atoms with Crippen LogP contribution in [0.1, 0.15) is 64.2 Å². The molecule has 1 aromatic heterocycles. The van der Waals surface area contributed by atoms with Crippen molar-refractivity contribution in [1.82, 2.24) is 14.8 Å². The highest BCUT2D eigenvalue weighted by atomic mass is 16.5. The van der Waals surface area contributed by atoms with E-state index in [1.807, 2.05) is 43.3 Å². The number of likely N-dealkylation sites (tertiary alicyclic amines) is 1. The summed E-state index contributed by atoms with van der Waals surface area (Å²) in [7, 11) is 5.06. The summed E-state index contributed by atoms with van der Waals surface area (Å²) < 4.78 is 4.82. The van der Waals surface area contributed by atoms with Crippen LogP contribution in [0.4, 0.5) is 0 Å². The van der Waals surface area contributed by atoms with E-state index in [0.717, 1.165) is 11.1 Å². The lowest BCUT2D eigenvalue weighted by Crippen LogP contribution is -2.35. The van der Waals surface area contributed by atoms with Gasteiger partial charge in [-0.05, 0) is 50.6 Å². The van der Waals surface area contributed by atoms with Crippen molar-refractivity contribution in [2.24, 2.45) is 0 Å². The van der Waals surface area contributed by atoms with Gasteiger partial charge in [0.05, 0.1) is 18.7 Å². The molecule has 0 spiro atoms. The van der Waals surface area contributed by atoms with Gasteiger partial charge in [-0.25, -0.2) is 4.79 Å². The van der Waals surface area contributed by atoms with Gasteiger partial charge in [-0.15, -0.1) is 0 Å². The topological polar surface area (TPSA) is 103 Å². The summed E-state index contributed by atoms with van der Waals surface area (Å²) in [6, 6.07) is 7.02. The van der Waals surface area contributed by atoms with Gasteiger partial charge in [0, 0.05) is 24.3 Å². The van der Waals surface area contributed by atoms with Gasteiger partial charge in [0.1, 0.15) is 11.5 Å². The first-order valence-electron chi connectivity index (χ1n) is 11.3. The number of methoxy groups -OCH3 is 1. The average molecular weight is 468 g/mol. The smallest absolute Gasteiger partial charge is 0.354 e. The quantitative estimate of drug-likeness (QED) is 0.280. The Morgan fingerprint density at radius 1 is 1.18 bits per heavy atom. The van der Waals surface area contributed by atoms with Crippen LogP contribution < -0.4 is 0 Å². The number of ketones is 1. The predicted molar refractivity (Wildman–Crippen MR) is 130 cm³/mol. The van der Waals surface area contributed by atoms with Crippen molar-refractivity contribution in [2.75, 3.05) is 34.3 Å². The lowest BCUT2D eigenvalue weighted by atomic mass is 9.92. The molecule has 0 aliphatic carbocycles. The van der Waals surface area contributed by atoms with E-state index in [0.29, 0.717) is 35.8 Å². The molecule has 0 saturated carbocycles. The molecular formula is C26H33N3O5. The number of nitrogens with zero attached hydrogens (tertiary/aromatic N) is 2. The number of ether oxygens (including phenoxy) is 1. The van der Waals surface area contributed by atoms with Crippen molar-refractivity contribution in [3.8, 4) is 0 Å². The van der Waals surface area contributed by atoms with Crippen LogP contribution in [-0.2, 0) is 14.3 Å². The molecule has 3 rings (SSSR count). The number of aliphatic hydroxyl groups excluding tert-OH is 1. The normalized spacial score (nSPS) is 17.8. The maximum atomic E-state index is 13.2. The van der Waals surface area contributed by atoms with E-state index >= 15 is 0 Å². The molecule has 0 radical (unpaired) electrons. The van der Waals surface area contributed by atoms with Crippen molar-refractivity contribution in [3.05, 3.63) is 63.5 Å². The Hall–Kier alpha value is -3.39. The minimum atomic E-state index is -0.742. The van der Waals surface area contributed by atoms with Gasteiger partial charge in [-0.1, -0.05) is 38.1 Å². The van der Waals surface area contributed by atoms with Crippen molar-refractivity contribution in [2.45, 2.75) is 39.7 Å². The fourth-order valence-electron chi connectivity index (χ4n) is 4.37. The number of carbonyl (C=O) groups excluding carboxylic acids is 3. The van der Waals surface area contributed by atoms with Crippen LogP contribution >= 0.6 is 0 Å². The number of esters is 1. The highest BCUT2D eigenvalue weighted by Gasteiger charge is 2.46. The van der Waals surface area contributed by atoms with Gasteiger partial charge >= 0.3 is 5.97 Å². The number of rotatable bonds is 7. The molecule has 1 aliphatic heterocycles. The standard InChI is InChI=1S/C26H33N3O5/c1-14(2)17-8-10-18(11-9-17)22-20(24(31)25(32)29(22)13-12-28(5)6)23(30)19-15(3)21(26(33)34-7)27-16(19)4/h8-11,14,22,27,30H,12-13H2,1-7H3/b23-20+/t22-/m0/s1. The van der Waals surface area contributed by atoms with E-state index in [-0.39, 0.29) is 17.0 Å². The number of aliphatic hydroxyl groups is 1. The number of carbonyl (C=O) groups is 3. The van der Waals surface area contributed by atoms with Crippen LogP contribution in [0.5, 0.6) is 0 Å². The van der Waals surface area contributed by atoms with Gasteiger partial charge in [0.15, 0.2) is 0 Å². The molecule has 0 unspecified atom stereocenters. The fraction of sp³-hybridized carbons (Fsp3) is 0.423. The van der Waals surface area contributed by atoms with Crippen LogP contribution in [-0.4, -0.2) is 71.8 Å². The summed E-state index contributed by atoms with van der Waals surface area (Å²) in [5.74, 6) is -1.94. The Labute approximate surface area is 200 Å². The number of hydrogen-bond donors (Lipinski definition) is 2. The van der Waals surface area contributed by atoms with E-state index < -0.39 is 23.7 Å². The Morgan fingerprint density at radius 3 is 2.32 bits per heavy atom. The van der Waals surface area contributed by atoms with E-state index in [9.17, 15) is 19.5 Å². The fourth-order valence-corrected chi connectivity index (χ4v) is 4.37. The Bertz CT molecular complexity index is 1140. The van der Waals surface area contributed by atoms with Gasteiger partial charge < -0.3 is 24.6 Å². The lowest BCUT2D eigenvalue weighted by molar-refractivity contribution is -0.140. The molecular weight excluding hydrogens is 434 g/mol. The number of Topliss-reactive ketones (excluding diaryl/α,β-unsaturated/α-hetero) is 1. The zero-order chi connectivity index (χ0) is 25.3. The number of H-pyrrole nitrogens is 1. The maximum absolute atomic E-state index is 13.2. The number of aromatic nitrogens is 1. The first-order chi connectivity index (χ1) is 16.0. The predicted octanol–water partition coefficient (Wildman–Crippen LogP) is 3.52. The average Bonchev–Trinajstić information content (AvgIpc) is 3.23.